The number of carbonyl (C=O) groups excluding carboxylic acids is 1. The average molecular weight is 635 g/mol. The lowest BCUT2D eigenvalue weighted by Crippen LogP contribution is -2.05. The van der Waals surface area contributed by atoms with E-state index in [0.29, 0.717) is 28.2 Å². The number of hydrogen-bond donors (Lipinski definition) is 0. The molecule has 10 heteroatoms. The highest BCUT2D eigenvalue weighted by molar-refractivity contribution is 14.1. The summed E-state index contributed by atoms with van der Waals surface area (Å²) in [5.74, 6) is 0.637. The van der Waals surface area contributed by atoms with Gasteiger partial charge in [-0.25, -0.2) is 9.79 Å². The van der Waals surface area contributed by atoms with Gasteiger partial charge in [0.25, 0.3) is 5.69 Å². The fourth-order valence-electron chi connectivity index (χ4n) is 3.16. The first-order valence-electron chi connectivity index (χ1n) is 9.86. The second kappa shape index (κ2) is 10.3. The number of hydrogen-bond acceptors (Lipinski definition) is 7. The van der Waals surface area contributed by atoms with Gasteiger partial charge in [-0.15, -0.1) is 0 Å². The number of rotatable bonds is 7. The van der Waals surface area contributed by atoms with Gasteiger partial charge >= 0.3 is 5.97 Å². The van der Waals surface area contributed by atoms with Crippen molar-refractivity contribution in [1.82, 2.24) is 0 Å². The molecule has 0 fully saturated rings. The van der Waals surface area contributed by atoms with Gasteiger partial charge in [0.2, 0.25) is 5.90 Å². The molecule has 0 amide bonds. The number of aliphatic imine (C=N–C) groups is 1. The second-order valence-corrected chi connectivity index (χ2v) is 9.17. The third kappa shape index (κ3) is 5.45. The highest BCUT2D eigenvalue weighted by Gasteiger charge is 2.24. The Labute approximate surface area is 216 Å². The molecule has 4 rings (SSSR count). The van der Waals surface area contributed by atoms with Crippen molar-refractivity contribution < 1.29 is 23.9 Å². The third-order valence-electron chi connectivity index (χ3n) is 4.77. The van der Waals surface area contributed by atoms with Gasteiger partial charge in [-0.3, -0.25) is 10.1 Å². The SMILES string of the molecule is COc1cc(/C=C2\N=C(c3ccc(Br)cc3)OC2=O)cc(I)c1OCc1cccc([N+](=O)[O-])c1. The summed E-state index contributed by atoms with van der Waals surface area (Å²) in [6, 6.07) is 17.1. The minimum Gasteiger partial charge on any atom is -0.493 e. The smallest absolute Gasteiger partial charge is 0.363 e. The Morgan fingerprint density at radius 2 is 1.94 bits per heavy atom. The normalized spacial score (nSPS) is 14.0. The van der Waals surface area contributed by atoms with Gasteiger partial charge in [-0.05, 0) is 76.2 Å². The summed E-state index contributed by atoms with van der Waals surface area (Å²) >= 11 is 5.48. The van der Waals surface area contributed by atoms with Crippen molar-refractivity contribution in [3.8, 4) is 11.5 Å². The number of esters is 1. The van der Waals surface area contributed by atoms with E-state index in [2.05, 4.69) is 43.5 Å². The highest BCUT2D eigenvalue weighted by atomic mass is 127. The number of nitro benzene ring substituents is 1. The van der Waals surface area contributed by atoms with Crippen LogP contribution in [0.5, 0.6) is 11.5 Å². The maximum atomic E-state index is 12.4. The molecule has 0 saturated heterocycles. The highest BCUT2D eigenvalue weighted by Crippen LogP contribution is 2.36. The zero-order valence-electron chi connectivity index (χ0n) is 17.7. The van der Waals surface area contributed by atoms with Crippen LogP contribution in [0.25, 0.3) is 6.08 Å². The minimum atomic E-state index is -0.544. The van der Waals surface area contributed by atoms with E-state index in [4.69, 9.17) is 14.2 Å². The van der Waals surface area contributed by atoms with Gasteiger partial charge in [-0.1, -0.05) is 28.1 Å². The Bertz CT molecular complexity index is 1340. The molecule has 3 aromatic carbocycles. The van der Waals surface area contributed by atoms with Crippen LogP contribution in [0.15, 0.2) is 75.8 Å². The van der Waals surface area contributed by atoms with Crippen molar-refractivity contribution in [3.63, 3.8) is 0 Å². The molecule has 1 aliphatic rings. The Morgan fingerprint density at radius 3 is 2.65 bits per heavy atom. The number of nitro groups is 1. The molecule has 172 valence electrons. The van der Waals surface area contributed by atoms with Crippen LogP contribution in [0.3, 0.4) is 0 Å². The van der Waals surface area contributed by atoms with E-state index >= 15 is 0 Å². The third-order valence-corrected chi connectivity index (χ3v) is 6.10. The van der Waals surface area contributed by atoms with Crippen molar-refractivity contribution in [3.05, 3.63) is 101 Å². The topological polar surface area (TPSA) is 100 Å². The molecule has 0 spiro atoms. The van der Waals surface area contributed by atoms with Crippen LogP contribution < -0.4 is 9.47 Å². The molecule has 1 aliphatic heterocycles. The molecule has 0 atom stereocenters. The van der Waals surface area contributed by atoms with Crippen LogP contribution in [-0.4, -0.2) is 23.9 Å². The van der Waals surface area contributed by atoms with Crippen molar-refractivity contribution >= 4 is 62.2 Å². The monoisotopic (exact) mass is 634 g/mol. The average Bonchev–Trinajstić information content (AvgIpc) is 3.18. The summed E-state index contributed by atoms with van der Waals surface area (Å²) in [4.78, 5) is 27.2. The van der Waals surface area contributed by atoms with Crippen molar-refractivity contribution in [2.24, 2.45) is 4.99 Å². The van der Waals surface area contributed by atoms with E-state index in [9.17, 15) is 14.9 Å². The van der Waals surface area contributed by atoms with Crippen LogP contribution in [0.4, 0.5) is 5.69 Å². The molecule has 3 aromatic rings. The fraction of sp³-hybridized carbons (Fsp3) is 0.0833. The van der Waals surface area contributed by atoms with Gasteiger partial charge in [0, 0.05) is 22.2 Å². The number of methoxy groups -OCH3 is 1. The maximum Gasteiger partial charge on any atom is 0.363 e. The maximum absolute atomic E-state index is 12.4. The van der Waals surface area contributed by atoms with Crippen molar-refractivity contribution in [1.29, 1.82) is 0 Å². The molecule has 0 aromatic heterocycles. The number of carbonyl (C=O) groups is 1. The van der Waals surface area contributed by atoms with E-state index in [-0.39, 0.29) is 23.9 Å². The molecule has 0 radical (unpaired) electrons. The summed E-state index contributed by atoms with van der Waals surface area (Å²) in [5, 5.41) is 11.0. The van der Waals surface area contributed by atoms with Gasteiger partial charge in [0.1, 0.15) is 6.61 Å². The van der Waals surface area contributed by atoms with E-state index in [1.807, 2.05) is 18.2 Å². The van der Waals surface area contributed by atoms with Gasteiger partial charge in [-0.2, -0.15) is 0 Å². The Hall–Kier alpha value is -3.25. The number of non-ortho nitro benzene ring substituents is 1. The lowest BCUT2D eigenvalue weighted by molar-refractivity contribution is -0.384. The Balaban J connectivity index is 1.57. The number of halogens is 2. The molecule has 0 saturated carbocycles. The molecule has 1 heterocycles. The lowest BCUT2D eigenvalue weighted by atomic mass is 10.1. The fourth-order valence-corrected chi connectivity index (χ4v) is 4.21. The van der Waals surface area contributed by atoms with Crippen LogP contribution in [0.1, 0.15) is 16.7 Å². The first-order chi connectivity index (χ1) is 16.3. The quantitative estimate of drug-likeness (QED) is 0.106. The van der Waals surface area contributed by atoms with E-state index in [1.54, 1.807) is 36.4 Å². The summed E-state index contributed by atoms with van der Waals surface area (Å²) < 4.78 is 18.4. The van der Waals surface area contributed by atoms with Gasteiger partial charge in [0.15, 0.2) is 17.2 Å². The summed E-state index contributed by atoms with van der Waals surface area (Å²) in [5.41, 5.74) is 2.19. The minimum absolute atomic E-state index is 0.00348. The van der Waals surface area contributed by atoms with Crippen molar-refractivity contribution in [2.75, 3.05) is 7.11 Å². The van der Waals surface area contributed by atoms with E-state index < -0.39 is 10.9 Å². The summed E-state index contributed by atoms with van der Waals surface area (Å²) in [7, 11) is 1.51. The van der Waals surface area contributed by atoms with Crippen molar-refractivity contribution in [2.45, 2.75) is 6.61 Å². The predicted molar refractivity (Wildman–Crippen MR) is 138 cm³/mol. The lowest BCUT2D eigenvalue weighted by Gasteiger charge is -2.13. The standard InChI is InChI=1S/C24H16BrIN2O6/c1-32-21-12-15(11-20-24(29)34-23(27-20)16-5-7-17(25)8-6-16)10-19(26)22(21)33-13-14-3-2-4-18(9-14)28(30)31/h2-12H,13H2,1H3/b20-11-. The first-order valence-corrected chi connectivity index (χ1v) is 11.7. The molecule has 8 nitrogen and oxygen atoms in total. The summed E-state index contributed by atoms with van der Waals surface area (Å²) in [6.07, 6.45) is 1.61. The number of cyclic esters (lactones) is 1. The largest absolute Gasteiger partial charge is 0.493 e. The van der Waals surface area contributed by atoms with Gasteiger partial charge in [0.05, 0.1) is 15.6 Å². The van der Waals surface area contributed by atoms with Crippen LogP contribution in [0, 0.1) is 13.7 Å². The van der Waals surface area contributed by atoms with Crippen LogP contribution >= 0.6 is 38.5 Å². The molecule has 0 aliphatic carbocycles. The van der Waals surface area contributed by atoms with E-state index in [1.165, 1.54) is 19.2 Å². The number of ether oxygens (including phenoxy) is 3. The van der Waals surface area contributed by atoms with Crippen LogP contribution in [-0.2, 0) is 16.1 Å². The molecule has 0 bridgehead atoms. The zero-order valence-corrected chi connectivity index (χ0v) is 21.4. The molecular weight excluding hydrogens is 619 g/mol. The molecule has 34 heavy (non-hydrogen) atoms. The predicted octanol–water partition coefficient (Wildman–Crippen LogP) is 5.89. The first kappa shape index (κ1) is 23.9. The van der Waals surface area contributed by atoms with E-state index in [0.717, 1.165) is 8.04 Å². The zero-order chi connectivity index (χ0) is 24.2. The summed E-state index contributed by atoms with van der Waals surface area (Å²) in [6.45, 7) is 0.127. The van der Waals surface area contributed by atoms with Crippen LogP contribution in [0.2, 0.25) is 0 Å². The molecule has 0 N–H and O–H groups in total. The molecule has 0 unspecified atom stereocenters. The number of benzene rings is 3. The Kier molecular flexibility index (Phi) is 7.27. The van der Waals surface area contributed by atoms with Gasteiger partial charge < -0.3 is 14.2 Å². The molecular formula is C24H16BrIN2O6. The number of nitrogens with zero attached hydrogens (tertiary/aromatic N) is 2. The Morgan fingerprint density at radius 1 is 1.18 bits per heavy atom. The second-order valence-electron chi connectivity index (χ2n) is 7.09.